The fraction of sp³-hybridized carbons (Fsp3) is 0.346. The first-order chi connectivity index (χ1) is 15.7. The zero-order valence-electron chi connectivity index (χ0n) is 18.5. The maximum absolute atomic E-state index is 6.32. The molecule has 172 valence electrons. The largest absolute Gasteiger partial charge is 0.328 e. The lowest BCUT2D eigenvalue weighted by Crippen LogP contribution is -2.27. The number of hydrogen-bond acceptors (Lipinski definition) is 4. The molecule has 5 rings (SSSR count). The summed E-state index contributed by atoms with van der Waals surface area (Å²) in [6, 6.07) is 14.5. The normalized spacial score (nSPS) is 18.2. The van der Waals surface area contributed by atoms with E-state index < -0.39 is 0 Å². The van der Waals surface area contributed by atoms with Crippen LogP contribution < -0.4 is 5.73 Å². The van der Waals surface area contributed by atoms with E-state index in [4.69, 9.17) is 27.3 Å². The molecule has 3 heterocycles. The van der Waals surface area contributed by atoms with E-state index in [1.54, 1.807) is 0 Å². The third kappa shape index (κ3) is 5.37. The van der Waals surface area contributed by atoms with E-state index >= 15 is 0 Å². The van der Waals surface area contributed by atoms with Gasteiger partial charge in [-0.3, -0.25) is 14.4 Å². The van der Waals surface area contributed by atoms with Gasteiger partial charge >= 0.3 is 0 Å². The van der Waals surface area contributed by atoms with Gasteiger partial charge in [-0.25, -0.2) is 4.98 Å². The van der Waals surface area contributed by atoms with Crippen LogP contribution in [0.1, 0.15) is 42.6 Å². The van der Waals surface area contributed by atoms with Gasteiger partial charge in [-0.1, -0.05) is 35.9 Å². The van der Waals surface area contributed by atoms with E-state index in [9.17, 15) is 0 Å². The van der Waals surface area contributed by atoms with Crippen LogP contribution in [0.4, 0.5) is 0 Å². The number of aromatic nitrogens is 4. The Morgan fingerprint density at radius 1 is 0.970 bits per heavy atom. The molecule has 1 aliphatic rings. The quantitative estimate of drug-likeness (QED) is 0.382. The molecular weight excluding hydrogens is 453 g/mol. The molecule has 5 nitrogen and oxygen atoms in total. The van der Waals surface area contributed by atoms with Crippen LogP contribution in [0.2, 0.25) is 5.02 Å². The molecule has 0 atom stereocenters. The standard InChI is InChI=1S/C26H28ClN5.ClH/c27-22-6-2-1-4-19(22)10-13-21-5-3-7-23(31-21)25-17-30-26-24(29-14-15-32(25)26)16-18-8-11-20(28)12-9-18;/h1-7,14-15,17-18,20H,8-13,16,28H2;1H. The van der Waals surface area contributed by atoms with Crippen molar-refractivity contribution in [3.63, 3.8) is 0 Å². The predicted octanol–water partition coefficient (Wildman–Crippen LogP) is 5.71. The minimum Gasteiger partial charge on any atom is -0.328 e. The number of pyridine rings is 1. The number of halogens is 2. The number of aryl methyl sites for hydroxylation is 2. The van der Waals surface area contributed by atoms with Gasteiger partial charge in [0.1, 0.15) is 0 Å². The lowest BCUT2D eigenvalue weighted by Gasteiger charge is -2.25. The van der Waals surface area contributed by atoms with Crippen LogP contribution in [0.25, 0.3) is 17.0 Å². The molecule has 0 saturated heterocycles. The summed E-state index contributed by atoms with van der Waals surface area (Å²) < 4.78 is 2.12. The fourth-order valence-electron chi connectivity index (χ4n) is 4.70. The van der Waals surface area contributed by atoms with Crippen LogP contribution in [-0.2, 0) is 19.3 Å². The van der Waals surface area contributed by atoms with Gasteiger partial charge in [0.15, 0.2) is 5.65 Å². The van der Waals surface area contributed by atoms with E-state index in [2.05, 4.69) is 27.6 Å². The van der Waals surface area contributed by atoms with Gasteiger partial charge in [-0.05, 0) is 74.6 Å². The zero-order chi connectivity index (χ0) is 21.9. The summed E-state index contributed by atoms with van der Waals surface area (Å²) in [7, 11) is 0. The summed E-state index contributed by atoms with van der Waals surface area (Å²) in [5, 5.41) is 0.811. The Hall–Kier alpha value is -2.47. The molecule has 3 aromatic heterocycles. The Kier molecular flexibility index (Phi) is 7.63. The van der Waals surface area contributed by atoms with E-state index in [0.717, 1.165) is 71.1 Å². The van der Waals surface area contributed by atoms with Crippen molar-refractivity contribution in [3.8, 4) is 11.4 Å². The second kappa shape index (κ2) is 10.6. The predicted molar refractivity (Wildman–Crippen MR) is 136 cm³/mol. The highest BCUT2D eigenvalue weighted by atomic mass is 35.5. The van der Waals surface area contributed by atoms with Crippen molar-refractivity contribution in [2.24, 2.45) is 11.7 Å². The number of nitrogens with two attached hydrogens (primary N) is 1. The maximum Gasteiger partial charge on any atom is 0.159 e. The maximum atomic E-state index is 6.32. The molecule has 7 heteroatoms. The third-order valence-electron chi connectivity index (χ3n) is 6.55. The van der Waals surface area contributed by atoms with Crippen molar-refractivity contribution in [3.05, 3.63) is 83.0 Å². The number of benzene rings is 1. The van der Waals surface area contributed by atoms with Crippen molar-refractivity contribution < 1.29 is 0 Å². The first-order valence-corrected chi connectivity index (χ1v) is 11.8. The highest BCUT2D eigenvalue weighted by Crippen LogP contribution is 2.28. The molecule has 2 N–H and O–H groups in total. The molecule has 1 saturated carbocycles. The first-order valence-electron chi connectivity index (χ1n) is 11.4. The number of hydrogen-bond donors (Lipinski definition) is 1. The topological polar surface area (TPSA) is 69.1 Å². The summed E-state index contributed by atoms with van der Waals surface area (Å²) in [4.78, 5) is 14.3. The van der Waals surface area contributed by atoms with Gasteiger partial charge in [0.05, 0.1) is 23.3 Å². The van der Waals surface area contributed by atoms with Crippen LogP contribution in [0.5, 0.6) is 0 Å². The average Bonchev–Trinajstić information content (AvgIpc) is 3.26. The summed E-state index contributed by atoms with van der Waals surface area (Å²) in [5.41, 5.74) is 12.2. The molecule has 1 aromatic carbocycles. The van der Waals surface area contributed by atoms with Gasteiger partial charge < -0.3 is 5.73 Å². The molecule has 33 heavy (non-hydrogen) atoms. The van der Waals surface area contributed by atoms with Crippen molar-refractivity contribution in [1.82, 2.24) is 19.4 Å². The highest BCUT2D eigenvalue weighted by molar-refractivity contribution is 6.31. The van der Waals surface area contributed by atoms with Gasteiger partial charge in [0, 0.05) is 29.2 Å². The van der Waals surface area contributed by atoms with Gasteiger partial charge in [-0.15, -0.1) is 12.4 Å². The molecule has 0 unspecified atom stereocenters. The van der Waals surface area contributed by atoms with Crippen molar-refractivity contribution in [1.29, 1.82) is 0 Å². The molecule has 1 fully saturated rings. The number of fused-ring (bicyclic) bond motifs is 1. The molecule has 1 aliphatic carbocycles. The Balaban J connectivity index is 0.00000259. The lowest BCUT2D eigenvalue weighted by atomic mass is 9.84. The monoisotopic (exact) mass is 481 g/mol. The molecule has 0 amide bonds. The summed E-state index contributed by atoms with van der Waals surface area (Å²) in [6.07, 6.45) is 13.0. The number of rotatable bonds is 6. The van der Waals surface area contributed by atoms with E-state index in [1.807, 2.05) is 42.9 Å². The van der Waals surface area contributed by atoms with Crippen LogP contribution in [-0.4, -0.2) is 25.4 Å². The zero-order valence-corrected chi connectivity index (χ0v) is 20.1. The average molecular weight is 482 g/mol. The minimum absolute atomic E-state index is 0. The van der Waals surface area contributed by atoms with Crippen LogP contribution in [0, 0.1) is 5.92 Å². The van der Waals surface area contributed by atoms with Crippen LogP contribution in [0.15, 0.2) is 61.1 Å². The minimum atomic E-state index is 0. The number of imidazole rings is 1. The molecule has 4 aromatic rings. The molecule has 0 aliphatic heterocycles. The molecule has 0 radical (unpaired) electrons. The molecule has 0 spiro atoms. The second-order valence-electron chi connectivity index (χ2n) is 8.80. The Bertz CT molecular complexity index is 1210. The third-order valence-corrected chi connectivity index (χ3v) is 6.92. The van der Waals surface area contributed by atoms with Crippen LogP contribution in [0.3, 0.4) is 0 Å². The second-order valence-corrected chi connectivity index (χ2v) is 9.21. The van der Waals surface area contributed by atoms with Crippen molar-refractivity contribution >= 4 is 29.7 Å². The Morgan fingerprint density at radius 3 is 2.61 bits per heavy atom. The molecular formula is C26H29Cl2N5. The van der Waals surface area contributed by atoms with E-state index in [1.165, 1.54) is 12.8 Å². The van der Waals surface area contributed by atoms with Crippen LogP contribution >= 0.6 is 24.0 Å². The highest BCUT2D eigenvalue weighted by Gasteiger charge is 2.21. The van der Waals surface area contributed by atoms with E-state index in [0.29, 0.717) is 12.0 Å². The Labute approximate surface area is 205 Å². The van der Waals surface area contributed by atoms with Gasteiger partial charge in [-0.2, -0.15) is 0 Å². The van der Waals surface area contributed by atoms with Gasteiger partial charge in [0.25, 0.3) is 0 Å². The van der Waals surface area contributed by atoms with Crippen molar-refractivity contribution in [2.75, 3.05) is 0 Å². The van der Waals surface area contributed by atoms with Crippen molar-refractivity contribution in [2.45, 2.75) is 51.0 Å². The SMILES string of the molecule is Cl.NC1CCC(Cc2nccn3c(-c4cccc(CCc5ccccc5Cl)n4)cnc23)CC1. The summed E-state index contributed by atoms with van der Waals surface area (Å²) in [5.74, 6) is 0.639. The summed E-state index contributed by atoms with van der Waals surface area (Å²) in [6.45, 7) is 0. The first kappa shape index (κ1) is 23.7. The summed E-state index contributed by atoms with van der Waals surface area (Å²) >= 11 is 6.32. The lowest BCUT2D eigenvalue weighted by molar-refractivity contribution is 0.323. The smallest absolute Gasteiger partial charge is 0.159 e. The van der Waals surface area contributed by atoms with Gasteiger partial charge in [0.2, 0.25) is 0 Å². The fourth-order valence-corrected chi connectivity index (χ4v) is 4.93. The van der Waals surface area contributed by atoms with E-state index in [-0.39, 0.29) is 12.4 Å². The molecule has 0 bridgehead atoms. The number of nitrogens with zero attached hydrogens (tertiary/aromatic N) is 4. The Morgan fingerprint density at radius 2 is 1.79 bits per heavy atom.